The fourth-order valence-electron chi connectivity index (χ4n) is 5.03. The zero-order chi connectivity index (χ0) is 26.8. The molecule has 1 saturated heterocycles. The quantitative estimate of drug-likeness (QED) is 0.0900. The Morgan fingerprint density at radius 1 is 0.917 bits per heavy atom. The molecule has 0 bridgehead atoms. The molecule has 1 amide bonds. The van der Waals surface area contributed by atoms with E-state index in [1.54, 1.807) is 0 Å². The van der Waals surface area contributed by atoms with Crippen LogP contribution in [0, 0.1) is 17.8 Å². The van der Waals surface area contributed by atoms with Crippen molar-refractivity contribution in [3.05, 3.63) is 0 Å². The van der Waals surface area contributed by atoms with E-state index < -0.39 is 6.04 Å². The average molecular weight is 510 g/mol. The molecule has 1 aliphatic rings. The molecule has 1 fully saturated rings. The van der Waals surface area contributed by atoms with Gasteiger partial charge in [-0.05, 0) is 37.5 Å². The Labute approximate surface area is 221 Å². The molecular weight excluding hydrogens is 454 g/mol. The van der Waals surface area contributed by atoms with Crippen molar-refractivity contribution in [2.45, 2.75) is 156 Å². The van der Waals surface area contributed by atoms with Gasteiger partial charge in [0.2, 0.25) is 6.41 Å². The fraction of sp³-hybridized carbons (Fsp3) is 0.900. The van der Waals surface area contributed by atoms with Gasteiger partial charge in [-0.1, -0.05) is 105 Å². The normalized spacial score (nSPS) is 19.0. The van der Waals surface area contributed by atoms with Crippen molar-refractivity contribution in [1.29, 1.82) is 0 Å². The Morgan fingerprint density at radius 3 is 2.08 bits per heavy atom. The number of nitrogens with one attached hydrogen (secondary N) is 1. The summed E-state index contributed by atoms with van der Waals surface area (Å²) in [6.45, 7) is 10.8. The SMILES string of the molecule is CCCCCC[C@@H]1C(=O)O[C@H]1C[C@H](CCCCCCCCCC(C)C)OC(=O)[C@H](CC(C)C)NC=O. The maximum Gasteiger partial charge on any atom is 0.328 e. The number of hydrogen-bond donors (Lipinski definition) is 1. The Hall–Kier alpha value is -1.59. The average Bonchev–Trinajstić information content (AvgIpc) is 2.81. The third-order valence-electron chi connectivity index (χ3n) is 7.23. The first-order valence-electron chi connectivity index (χ1n) is 14.9. The summed E-state index contributed by atoms with van der Waals surface area (Å²) < 4.78 is 11.4. The Balaban J connectivity index is 2.56. The molecule has 0 unspecified atom stereocenters. The van der Waals surface area contributed by atoms with Crippen molar-refractivity contribution in [2.24, 2.45) is 17.8 Å². The van der Waals surface area contributed by atoms with Crippen LogP contribution in [0.2, 0.25) is 0 Å². The molecule has 0 radical (unpaired) electrons. The number of carbonyl (C=O) groups is 3. The van der Waals surface area contributed by atoms with E-state index >= 15 is 0 Å². The van der Waals surface area contributed by atoms with Crippen molar-refractivity contribution in [1.82, 2.24) is 5.32 Å². The number of rotatable bonds is 23. The molecule has 6 heteroatoms. The van der Waals surface area contributed by atoms with Gasteiger partial charge >= 0.3 is 11.9 Å². The topological polar surface area (TPSA) is 81.7 Å². The first-order valence-corrected chi connectivity index (χ1v) is 14.9. The highest BCUT2D eigenvalue weighted by atomic mass is 16.6. The molecule has 0 aromatic rings. The van der Waals surface area contributed by atoms with Crippen LogP contribution >= 0.6 is 0 Å². The van der Waals surface area contributed by atoms with E-state index in [9.17, 15) is 14.4 Å². The van der Waals surface area contributed by atoms with Gasteiger partial charge in [-0.2, -0.15) is 0 Å². The van der Waals surface area contributed by atoms with E-state index in [0.717, 1.165) is 44.4 Å². The van der Waals surface area contributed by atoms with Crippen molar-refractivity contribution in [3.63, 3.8) is 0 Å². The molecule has 0 saturated carbocycles. The van der Waals surface area contributed by atoms with Crippen molar-refractivity contribution < 1.29 is 23.9 Å². The van der Waals surface area contributed by atoms with E-state index in [0.29, 0.717) is 19.3 Å². The molecule has 0 aromatic carbocycles. The van der Waals surface area contributed by atoms with Crippen molar-refractivity contribution >= 4 is 18.3 Å². The van der Waals surface area contributed by atoms with Crippen LogP contribution in [0.3, 0.4) is 0 Å². The van der Waals surface area contributed by atoms with Crippen LogP contribution < -0.4 is 5.32 Å². The lowest BCUT2D eigenvalue weighted by Gasteiger charge is -2.37. The summed E-state index contributed by atoms with van der Waals surface area (Å²) in [5.41, 5.74) is 0. The van der Waals surface area contributed by atoms with Gasteiger partial charge < -0.3 is 14.8 Å². The Bertz CT molecular complexity index is 606. The summed E-state index contributed by atoms with van der Waals surface area (Å²) in [4.78, 5) is 36.0. The molecule has 4 atom stereocenters. The van der Waals surface area contributed by atoms with Crippen LogP contribution in [-0.4, -0.2) is 36.6 Å². The number of hydrogen-bond acceptors (Lipinski definition) is 5. The van der Waals surface area contributed by atoms with E-state index in [4.69, 9.17) is 9.47 Å². The number of amides is 1. The first-order chi connectivity index (χ1) is 17.3. The van der Waals surface area contributed by atoms with Gasteiger partial charge in [0.1, 0.15) is 18.2 Å². The predicted octanol–water partition coefficient (Wildman–Crippen LogP) is 7.13. The molecular formula is C30H55NO5. The smallest absolute Gasteiger partial charge is 0.328 e. The molecule has 1 N–H and O–H groups in total. The van der Waals surface area contributed by atoms with Gasteiger partial charge in [0.05, 0.1) is 5.92 Å². The molecule has 1 rings (SSSR count). The summed E-state index contributed by atoms with van der Waals surface area (Å²) in [7, 11) is 0. The zero-order valence-corrected chi connectivity index (χ0v) is 23.9. The molecule has 210 valence electrons. The minimum atomic E-state index is -0.635. The minimum Gasteiger partial charge on any atom is -0.461 e. The van der Waals surface area contributed by atoms with Gasteiger partial charge in [0.25, 0.3) is 0 Å². The highest BCUT2D eigenvalue weighted by Gasteiger charge is 2.43. The van der Waals surface area contributed by atoms with E-state index in [1.165, 1.54) is 51.4 Å². The maximum absolute atomic E-state index is 12.9. The minimum absolute atomic E-state index is 0.0755. The first kappa shape index (κ1) is 32.4. The second-order valence-corrected chi connectivity index (χ2v) is 11.6. The van der Waals surface area contributed by atoms with Crippen LogP contribution in [0.15, 0.2) is 0 Å². The van der Waals surface area contributed by atoms with Crippen molar-refractivity contribution in [3.8, 4) is 0 Å². The van der Waals surface area contributed by atoms with Gasteiger partial charge in [-0.25, -0.2) is 4.79 Å². The van der Waals surface area contributed by atoms with E-state index in [1.807, 2.05) is 13.8 Å². The summed E-state index contributed by atoms with van der Waals surface area (Å²) in [6.07, 6.45) is 17.1. The second kappa shape index (κ2) is 19.5. The van der Waals surface area contributed by atoms with E-state index in [2.05, 4.69) is 26.1 Å². The van der Waals surface area contributed by atoms with Crippen LogP contribution in [0.5, 0.6) is 0 Å². The molecule has 0 aliphatic carbocycles. The van der Waals surface area contributed by atoms with Gasteiger partial charge in [-0.3, -0.25) is 9.59 Å². The monoisotopic (exact) mass is 509 g/mol. The second-order valence-electron chi connectivity index (χ2n) is 11.6. The number of unbranched alkanes of at least 4 members (excludes halogenated alkanes) is 9. The number of esters is 2. The number of cyclic esters (lactones) is 1. The van der Waals surface area contributed by atoms with Gasteiger partial charge in [-0.15, -0.1) is 0 Å². The maximum atomic E-state index is 12.9. The molecule has 1 aliphatic heterocycles. The third-order valence-corrected chi connectivity index (χ3v) is 7.23. The summed E-state index contributed by atoms with van der Waals surface area (Å²) in [5.74, 6) is 0.482. The molecule has 0 aromatic heterocycles. The molecule has 36 heavy (non-hydrogen) atoms. The van der Waals surface area contributed by atoms with Gasteiger partial charge in [0, 0.05) is 6.42 Å². The number of ether oxygens (including phenoxy) is 2. The van der Waals surface area contributed by atoms with Crippen LogP contribution in [0.25, 0.3) is 0 Å². The fourth-order valence-corrected chi connectivity index (χ4v) is 5.03. The number of carbonyl (C=O) groups excluding carboxylic acids is 3. The van der Waals surface area contributed by atoms with Gasteiger partial charge in [0.15, 0.2) is 0 Å². The lowest BCUT2D eigenvalue weighted by Crippen LogP contribution is -2.48. The Morgan fingerprint density at radius 2 is 1.53 bits per heavy atom. The largest absolute Gasteiger partial charge is 0.461 e. The van der Waals surface area contributed by atoms with E-state index in [-0.39, 0.29) is 36.0 Å². The van der Waals surface area contributed by atoms with Crippen LogP contribution in [0.4, 0.5) is 0 Å². The van der Waals surface area contributed by atoms with Crippen LogP contribution in [0.1, 0.15) is 137 Å². The third kappa shape index (κ3) is 14.2. The lowest BCUT2D eigenvalue weighted by molar-refractivity contribution is -0.190. The molecule has 0 spiro atoms. The highest BCUT2D eigenvalue weighted by molar-refractivity contribution is 5.79. The lowest BCUT2D eigenvalue weighted by atomic mass is 9.86. The Kier molecular flexibility index (Phi) is 17.6. The summed E-state index contributed by atoms with van der Waals surface area (Å²) in [6, 6.07) is -0.635. The highest BCUT2D eigenvalue weighted by Crippen LogP contribution is 2.32. The summed E-state index contributed by atoms with van der Waals surface area (Å²) >= 11 is 0. The van der Waals surface area contributed by atoms with Crippen LogP contribution in [-0.2, 0) is 23.9 Å². The zero-order valence-electron chi connectivity index (χ0n) is 23.9. The standard InChI is InChI=1S/C30H55NO5/c1-6-7-8-16-19-26-28(36-29(26)33)21-25(35-30(34)27(31-22-32)20-24(4)5)18-15-13-11-9-10-12-14-17-23(2)3/h22-28H,6-21H2,1-5H3,(H,31,32)/t25-,26-,27-,28-/m0/s1. The molecule has 1 heterocycles. The predicted molar refractivity (Wildman–Crippen MR) is 145 cm³/mol. The summed E-state index contributed by atoms with van der Waals surface area (Å²) in [5, 5.41) is 2.62. The molecule has 6 nitrogen and oxygen atoms in total. The van der Waals surface area contributed by atoms with Crippen molar-refractivity contribution in [2.75, 3.05) is 0 Å².